The molecule has 1 aliphatic heterocycles. The van der Waals surface area contributed by atoms with Crippen LogP contribution in [0.5, 0.6) is 17.4 Å². The Morgan fingerprint density at radius 3 is 2.67 bits per heavy atom. The highest BCUT2D eigenvalue weighted by Crippen LogP contribution is 2.50. The lowest BCUT2D eigenvalue weighted by atomic mass is 9.82. The van der Waals surface area contributed by atoms with Crippen LogP contribution in [0.15, 0.2) is 67.0 Å². The number of ether oxygens (including phenoxy) is 2. The maximum absolute atomic E-state index is 9.42. The van der Waals surface area contributed by atoms with Gasteiger partial charge in [0.1, 0.15) is 17.1 Å². The summed E-state index contributed by atoms with van der Waals surface area (Å²) in [5.74, 6) is 2.46. The topological polar surface area (TPSA) is 81.5 Å². The van der Waals surface area contributed by atoms with E-state index < -0.39 is 0 Å². The number of aliphatic hydroxyl groups is 1. The third-order valence-corrected chi connectivity index (χ3v) is 5.63. The van der Waals surface area contributed by atoms with Gasteiger partial charge in [0.2, 0.25) is 12.1 Å². The molecular formula is C24H22N3O3+. The van der Waals surface area contributed by atoms with E-state index in [-0.39, 0.29) is 12.5 Å². The molecule has 2 heterocycles. The minimum absolute atomic E-state index is 0.0232. The van der Waals surface area contributed by atoms with E-state index in [0.717, 1.165) is 39.0 Å². The zero-order valence-electron chi connectivity index (χ0n) is 16.6. The molecule has 1 aromatic heterocycles. The van der Waals surface area contributed by atoms with Gasteiger partial charge in [0.05, 0.1) is 26.2 Å². The maximum Gasteiger partial charge on any atom is 0.306 e. The van der Waals surface area contributed by atoms with E-state index in [9.17, 15) is 5.11 Å². The zero-order valence-corrected chi connectivity index (χ0v) is 16.6. The minimum Gasteiger partial charge on any atom is -0.497 e. The van der Waals surface area contributed by atoms with Crippen molar-refractivity contribution in [1.29, 1.82) is 0 Å². The molecule has 0 unspecified atom stereocenters. The molecule has 6 heteroatoms. The third-order valence-electron chi connectivity index (χ3n) is 5.63. The van der Waals surface area contributed by atoms with Crippen molar-refractivity contribution in [2.45, 2.75) is 12.5 Å². The highest BCUT2D eigenvalue weighted by molar-refractivity contribution is 5.91. The van der Waals surface area contributed by atoms with Crippen LogP contribution in [0, 0.1) is 0 Å². The number of nitrogens with zero attached hydrogens (tertiary/aromatic N) is 2. The molecule has 0 fully saturated rings. The first-order valence-corrected chi connectivity index (χ1v) is 9.83. The highest BCUT2D eigenvalue weighted by Gasteiger charge is 2.36. The molecule has 6 nitrogen and oxygen atoms in total. The maximum atomic E-state index is 9.42. The van der Waals surface area contributed by atoms with Gasteiger partial charge in [0.25, 0.3) is 0 Å². The smallest absolute Gasteiger partial charge is 0.306 e. The summed E-state index contributed by atoms with van der Waals surface area (Å²) in [6.45, 7) is 0.344. The van der Waals surface area contributed by atoms with Crippen molar-refractivity contribution in [3.8, 4) is 17.4 Å². The van der Waals surface area contributed by atoms with Crippen LogP contribution < -0.4 is 19.8 Å². The number of hydrogen-bond acceptors (Lipinski definition) is 5. The van der Waals surface area contributed by atoms with Gasteiger partial charge in [-0.1, -0.05) is 53.5 Å². The standard InChI is InChI=1S/C24H21N3O3/c1-29-17-9-6-16(7-10-17)20-19-11-8-15-4-2-3-5-18(15)22(19)30-24-21(20)23(25)27(12-13-28)14-26-24/h2-11,14,20,25,28H,12-13H2,1H3/p+1/t20-/m1/s1. The summed E-state index contributed by atoms with van der Waals surface area (Å²) in [4.78, 5) is 4.54. The van der Waals surface area contributed by atoms with Crippen LogP contribution in [-0.2, 0) is 6.54 Å². The van der Waals surface area contributed by atoms with Crippen LogP contribution in [0.3, 0.4) is 0 Å². The highest BCUT2D eigenvalue weighted by atomic mass is 16.5. The summed E-state index contributed by atoms with van der Waals surface area (Å²) in [6, 6.07) is 20.3. The molecule has 0 saturated heterocycles. The number of rotatable bonds is 4. The summed E-state index contributed by atoms with van der Waals surface area (Å²) in [5, 5.41) is 11.6. The van der Waals surface area contributed by atoms with E-state index in [1.54, 1.807) is 18.0 Å². The number of aromatic nitrogens is 2. The number of benzene rings is 3. The lowest BCUT2D eigenvalue weighted by Crippen LogP contribution is -2.41. The first-order valence-electron chi connectivity index (χ1n) is 9.83. The summed E-state index contributed by atoms with van der Waals surface area (Å²) in [5.41, 5.74) is 9.45. The van der Waals surface area contributed by atoms with Crippen molar-refractivity contribution >= 4 is 16.6 Å². The fraction of sp³-hybridized carbons (Fsp3) is 0.167. The Kier molecular flexibility index (Phi) is 4.48. The monoisotopic (exact) mass is 400 g/mol. The van der Waals surface area contributed by atoms with Crippen molar-refractivity contribution in [3.63, 3.8) is 0 Å². The van der Waals surface area contributed by atoms with Gasteiger partial charge in [-0.3, -0.25) is 0 Å². The van der Waals surface area contributed by atoms with Crippen LogP contribution in [-0.4, -0.2) is 23.8 Å². The second-order valence-corrected chi connectivity index (χ2v) is 7.28. The van der Waals surface area contributed by atoms with Crippen LogP contribution in [0.1, 0.15) is 22.6 Å². The van der Waals surface area contributed by atoms with Gasteiger partial charge in [-0.15, -0.1) is 0 Å². The van der Waals surface area contributed by atoms with Gasteiger partial charge in [-0.25, -0.2) is 4.57 Å². The van der Waals surface area contributed by atoms with Crippen LogP contribution >= 0.6 is 0 Å². The predicted octanol–water partition coefficient (Wildman–Crippen LogP) is 3.39. The molecule has 0 bridgehead atoms. The summed E-state index contributed by atoms with van der Waals surface area (Å²) in [7, 11) is 1.65. The number of nitrogen functional groups attached to an aromatic ring is 1. The number of anilines is 1. The van der Waals surface area contributed by atoms with Gasteiger partial charge >= 0.3 is 5.88 Å². The minimum atomic E-state index is -0.155. The Morgan fingerprint density at radius 1 is 1.10 bits per heavy atom. The predicted molar refractivity (Wildman–Crippen MR) is 114 cm³/mol. The SMILES string of the molecule is COc1ccc([C@@H]2c3ccc4ccccc4c3Oc3nc[n+](CCO)c(N)c32)cc1. The number of aliphatic hydroxyl groups excluding tert-OH is 1. The molecule has 30 heavy (non-hydrogen) atoms. The van der Waals surface area contributed by atoms with Gasteiger partial charge in [-0.05, 0) is 23.1 Å². The van der Waals surface area contributed by atoms with Crippen molar-refractivity contribution in [2.24, 2.45) is 0 Å². The summed E-state index contributed by atoms with van der Waals surface area (Å²) < 4.78 is 13.4. The van der Waals surface area contributed by atoms with Gasteiger partial charge < -0.3 is 20.3 Å². The molecule has 0 amide bonds. The lowest BCUT2D eigenvalue weighted by Gasteiger charge is -2.28. The Bertz CT molecular complexity index is 1240. The first-order chi connectivity index (χ1) is 14.7. The van der Waals surface area contributed by atoms with Crippen LogP contribution in [0.2, 0.25) is 0 Å². The fourth-order valence-corrected chi connectivity index (χ4v) is 4.15. The number of fused-ring (bicyclic) bond motifs is 4. The van der Waals surface area contributed by atoms with E-state index in [2.05, 4.69) is 29.2 Å². The fourth-order valence-electron chi connectivity index (χ4n) is 4.15. The summed E-state index contributed by atoms with van der Waals surface area (Å²) in [6.07, 6.45) is 1.62. The van der Waals surface area contributed by atoms with E-state index in [0.29, 0.717) is 18.2 Å². The Morgan fingerprint density at radius 2 is 1.90 bits per heavy atom. The van der Waals surface area contributed by atoms with Gasteiger partial charge in [-0.2, -0.15) is 0 Å². The second kappa shape index (κ2) is 7.31. The van der Waals surface area contributed by atoms with E-state index in [1.807, 2.05) is 36.4 Å². The quantitative estimate of drug-likeness (QED) is 0.452. The Balaban J connectivity index is 1.78. The van der Waals surface area contributed by atoms with Crippen LogP contribution in [0.25, 0.3) is 10.8 Å². The normalized spacial score (nSPS) is 14.7. The molecule has 150 valence electrons. The molecule has 1 atom stereocenters. The molecule has 3 aromatic carbocycles. The molecule has 0 saturated carbocycles. The molecule has 3 N–H and O–H groups in total. The average Bonchev–Trinajstić information content (AvgIpc) is 2.80. The molecular weight excluding hydrogens is 378 g/mol. The molecule has 4 aromatic rings. The molecule has 1 aliphatic rings. The van der Waals surface area contributed by atoms with E-state index >= 15 is 0 Å². The largest absolute Gasteiger partial charge is 0.497 e. The number of methoxy groups -OCH3 is 1. The lowest BCUT2D eigenvalue weighted by molar-refractivity contribution is -0.687. The Hall–Kier alpha value is -3.64. The summed E-state index contributed by atoms with van der Waals surface area (Å²) >= 11 is 0. The molecule has 0 aliphatic carbocycles. The average molecular weight is 400 g/mol. The first kappa shape index (κ1) is 18.4. The zero-order chi connectivity index (χ0) is 20.7. The molecule has 5 rings (SSSR count). The van der Waals surface area contributed by atoms with Gasteiger partial charge in [0, 0.05) is 10.9 Å². The van der Waals surface area contributed by atoms with Crippen molar-refractivity contribution in [1.82, 2.24) is 4.98 Å². The van der Waals surface area contributed by atoms with Gasteiger partial charge in [0.15, 0.2) is 0 Å². The molecule has 0 radical (unpaired) electrons. The van der Waals surface area contributed by atoms with Crippen molar-refractivity contribution in [3.05, 3.63) is 83.7 Å². The number of hydrogen-bond donors (Lipinski definition) is 2. The Labute approximate surface area is 174 Å². The van der Waals surface area contributed by atoms with E-state index in [1.165, 1.54) is 0 Å². The number of nitrogens with two attached hydrogens (primary N) is 1. The van der Waals surface area contributed by atoms with Crippen molar-refractivity contribution in [2.75, 3.05) is 19.5 Å². The second-order valence-electron chi connectivity index (χ2n) is 7.28. The van der Waals surface area contributed by atoms with E-state index in [4.69, 9.17) is 15.2 Å². The van der Waals surface area contributed by atoms with Crippen molar-refractivity contribution < 1.29 is 19.1 Å². The molecule has 0 spiro atoms. The third kappa shape index (κ3) is 2.84. The van der Waals surface area contributed by atoms with Crippen LogP contribution in [0.4, 0.5) is 5.82 Å².